The normalized spacial score (nSPS) is 31.9. The summed E-state index contributed by atoms with van der Waals surface area (Å²) in [5.74, 6) is 2.86. The molecule has 1 aromatic rings. The number of para-hydroxylation sites is 1. The molecule has 1 N–H and O–H groups in total. The van der Waals surface area contributed by atoms with Crippen molar-refractivity contribution in [3.63, 3.8) is 0 Å². The van der Waals surface area contributed by atoms with Gasteiger partial charge in [0.05, 0.1) is 14.2 Å². The van der Waals surface area contributed by atoms with Gasteiger partial charge in [0.1, 0.15) is 11.3 Å². The van der Waals surface area contributed by atoms with Crippen molar-refractivity contribution in [3.05, 3.63) is 29.8 Å². The van der Waals surface area contributed by atoms with E-state index >= 15 is 0 Å². The number of carbonyl (C=O) groups is 1. The Hall–Kier alpha value is -1.20. The molecule has 3 atom stereocenters. The van der Waals surface area contributed by atoms with E-state index in [0.717, 1.165) is 29.2 Å². The van der Waals surface area contributed by atoms with E-state index in [0.29, 0.717) is 5.92 Å². The van der Waals surface area contributed by atoms with Gasteiger partial charge in [-0.05, 0) is 24.2 Å². The van der Waals surface area contributed by atoms with Crippen LogP contribution < -0.4 is 10.1 Å². The molecular formula is C15H19NO3S. The Morgan fingerprint density at radius 2 is 2.20 bits per heavy atom. The van der Waals surface area contributed by atoms with E-state index in [4.69, 9.17) is 9.47 Å². The number of hydrogen-bond donors (Lipinski definition) is 1. The Labute approximate surface area is 123 Å². The maximum Gasteiger partial charge on any atom is 0.327 e. The summed E-state index contributed by atoms with van der Waals surface area (Å²) in [4.78, 5) is 12.2. The van der Waals surface area contributed by atoms with Crippen LogP contribution in [-0.4, -0.2) is 37.2 Å². The number of benzene rings is 1. The Kier molecular flexibility index (Phi) is 3.65. The van der Waals surface area contributed by atoms with Crippen LogP contribution in [0.4, 0.5) is 0 Å². The maximum absolute atomic E-state index is 12.2. The highest BCUT2D eigenvalue weighted by Gasteiger charge is 2.56. The number of esters is 1. The van der Waals surface area contributed by atoms with Crippen molar-refractivity contribution in [3.8, 4) is 5.75 Å². The van der Waals surface area contributed by atoms with E-state index in [2.05, 4.69) is 11.4 Å². The van der Waals surface area contributed by atoms with Gasteiger partial charge in [-0.25, -0.2) is 0 Å². The topological polar surface area (TPSA) is 47.6 Å². The zero-order chi connectivity index (χ0) is 14.2. The van der Waals surface area contributed by atoms with E-state index in [1.54, 1.807) is 7.11 Å². The number of fused-ring (bicyclic) bond motifs is 1. The van der Waals surface area contributed by atoms with Gasteiger partial charge in [-0.1, -0.05) is 18.2 Å². The fourth-order valence-corrected chi connectivity index (χ4v) is 4.91. The predicted molar refractivity (Wildman–Crippen MR) is 79.0 cm³/mol. The van der Waals surface area contributed by atoms with Crippen LogP contribution in [-0.2, 0) is 9.53 Å². The molecule has 2 fully saturated rings. The van der Waals surface area contributed by atoms with Gasteiger partial charge in [0.25, 0.3) is 0 Å². The summed E-state index contributed by atoms with van der Waals surface area (Å²) in [7, 11) is 3.15. The van der Waals surface area contributed by atoms with E-state index in [1.807, 2.05) is 30.0 Å². The lowest BCUT2D eigenvalue weighted by Crippen LogP contribution is -2.53. The Morgan fingerprint density at radius 3 is 2.95 bits per heavy atom. The Morgan fingerprint density at radius 1 is 1.40 bits per heavy atom. The molecule has 3 rings (SSSR count). The molecule has 108 valence electrons. The zero-order valence-electron chi connectivity index (χ0n) is 11.7. The van der Waals surface area contributed by atoms with Crippen LogP contribution in [0.5, 0.6) is 5.75 Å². The molecular weight excluding hydrogens is 274 g/mol. The number of nitrogens with one attached hydrogen (secondary N) is 1. The number of methoxy groups -OCH3 is 2. The molecule has 5 heteroatoms. The van der Waals surface area contributed by atoms with Crippen LogP contribution in [0.15, 0.2) is 24.3 Å². The molecule has 0 radical (unpaired) electrons. The van der Waals surface area contributed by atoms with Crippen LogP contribution in [0.25, 0.3) is 0 Å². The number of hydrogen-bond acceptors (Lipinski definition) is 5. The van der Waals surface area contributed by atoms with Crippen LogP contribution >= 0.6 is 11.8 Å². The van der Waals surface area contributed by atoms with Crippen molar-refractivity contribution >= 4 is 17.7 Å². The molecule has 2 saturated heterocycles. The van der Waals surface area contributed by atoms with Gasteiger partial charge in [0.15, 0.2) is 0 Å². The van der Waals surface area contributed by atoms with Crippen LogP contribution in [0.3, 0.4) is 0 Å². The van der Waals surface area contributed by atoms with Gasteiger partial charge in [-0.15, -0.1) is 0 Å². The molecule has 2 aliphatic rings. The summed E-state index contributed by atoms with van der Waals surface area (Å²) < 4.78 is 10.5. The number of carbonyl (C=O) groups excluding carboxylic acids is 1. The zero-order valence-corrected chi connectivity index (χ0v) is 12.5. The van der Waals surface area contributed by atoms with Crippen molar-refractivity contribution in [1.29, 1.82) is 0 Å². The lowest BCUT2D eigenvalue weighted by atomic mass is 9.88. The summed E-state index contributed by atoms with van der Waals surface area (Å²) in [5, 5.41) is 3.53. The number of thioether (sulfide) groups is 1. The second kappa shape index (κ2) is 5.30. The minimum atomic E-state index is -0.523. The third kappa shape index (κ3) is 2.00. The highest BCUT2D eigenvalue weighted by molar-refractivity contribution is 7.99. The first-order chi connectivity index (χ1) is 9.71. The monoisotopic (exact) mass is 293 g/mol. The van der Waals surface area contributed by atoms with Crippen LogP contribution in [0, 0.1) is 5.92 Å². The first-order valence-corrected chi connectivity index (χ1v) is 7.93. The lowest BCUT2D eigenvalue weighted by molar-refractivity contribution is -0.148. The molecule has 0 unspecified atom stereocenters. The molecule has 1 aromatic carbocycles. The van der Waals surface area contributed by atoms with Crippen molar-refractivity contribution in [1.82, 2.24) is 5.32 Å². The minimum Gasteiger partial charge on any atom is -0.496 e. The summed E-state index contributed by atoms with van der Waals surface area (Å²) in [5.41, 5.74) is 0.600. The summed E-state index contributed by atoms with van der Waals surface area (Å²) in [6.07, 6.45) is 0.947. The Bertz CT molecular complexity index is 522. The lowest BCUT2D eigenvalue weighted by Gasteiger charge is -2.26. The molecule has 0 bridgehead atoms. The Balaban J connectivity index is 1.90. The van der Waals surface area contributed by atoms with E-state index < -0.39 is 5.54 Å². The second-order valence-electron chi connectivity index (χ2n) is 5.35. The van der Waals surface area contributed by atoms with E-state index in [-0.39, 0.29) is 12.0 Å². The molecule has 2 heterocycles. The summed E-state index contributed by atoms with van der Waals surface area (Å²) >= 11 is 1.82. The molecule has 4 nitrogen and oxygen atoms in total. The highest BCUT2D eigenvalue weighted by atomic mass is 32.2. The average Bonchev–Trinajstić information content (AvgIpc) is 3.04. The molecule has 0 saturated carbocycles. The molecule has 0 amide bonds. The largest absolute Gasteiger partial charge is 0.496 e. The van der Waals surface area contributed by atoms with Crippen molar-refractivity contribution < 1.29 is 14.3 Å². The predicted octanol–water partition coefficient (Wildman–Crippen LogP) is 2.00. The van der Waals surface area contributed by atoms with Gasteiger partial charge >= 0.3 is 5.97 Å². The number of ether oxygens (including phenoxy) is 2. The van der Waals surface area contributed by atoms with Crippen molar-refractivity contribution in [2.45, 2.75) is 18.0 Å². The number of rotatable bonds is 3. The van der Waals surface area contributed by atoms with Gasteiger partial charge in [0.2, 0.25) is 0 Å². The smallest absolute Gasteiger partial charge is 0.327 e. The van der Waals surface area contributed by atoms with Crippen LogP contribution in [0.1, 0.15) is 18.0 Å². The van der Waals surface area contributed by atoms with Gasteiger partial charge in [-0.2, -0.15) is 11.8 Å². The van der Waals surface area contributed by atoms with Gasteiger partial charge in [-0.3, -0.25) is 10.1 Å². The molecule has 0 aromatic heterocycles. The maximum atomic E-state index is 12.2. The first kappa shape index (κ1) is 13.8. The SMILES string of the molecule is COC(=O)[C@]12CSC[C@H]1C[C@H](c1ccccc1OC)N2. The van der Waals surface area contributed by atoms with Crippen molar-refractivity contribution in [2.75, 3.05) is 25.7 Å². The highest BCUT2D eigenvalue weighted by Crippen LogP contribution is 2.47. The standard InChI is InChI=1S/C15H19NO3S/c1-18-13-6-4-3-5-11(13)12-7-10-8-20-9-15(10,16-12)14(17)19-2/h3-6,10,12,16H,7-9H2,1-2H3/t10-,12-,15+/m1/s1. The summed E-state index contributed by atoms with van der Waals surface area (Å²) in [6.45, 7) is 0. The third-order valence-electron chi connectivity index (χ3n) is 4.36. The fraction of sp³-hybridized carbons (Fsp3) is 0.533. The van der Waals surface area contributed by atoms with Crippen molar-refractivity contribution in [2.24, 2.45) is 5.92 Å². The molecule has 20 heavy (non-hydrogen) atoms. The van der Waals surface area contributed by atoms with Gasteiger partial charge in [0, 0.05) is 17.4 Å². The van der Waals surface area contributed by atoms with E-state index in [9.17, 15) is 4.79 Å². The fourth-order valence-electron chi connectivity index (χ4n) is 3.33. The molecule has 0 aliphatic carbocycles. The van der Waals surface area contributed by atoms with Crippen LogP contribution in [0.2, 0.25) is 0 Å². The van der Waals surface area contributed by atoms with E-state index in [1.165, 1.54) is 7.11 Å². The summed E-state index contributed by atoms with van der Waals surface area (Å²) in [6, 6.07) is 8.15. The average molecular weight is 293 g/mol. The first-order valence-electron chi connectivity index (χ1n) is 6.78. The minimum absolute atomic E-state index is 0.134. The quantitative estimate of drug-likeness (QED) is 0.864. The molecule has 2 aliphatic heterocycles. The second-order valence-corrected chi connectivity index (χ2v) is 6.38. The van der Waals surface area contributed by atoms with Gasteiger partial charge < -0.3 is 9.47 Å². The molecule has 0 spiro atoms. The third-order valence-corrected chi connectivity index (χ3v) is 5.66.